The maximum absolute atomic E-state index is 13.2. The molecule has 0 radical (unpaired) electrons. The van der Waals surface area contributed by atoms with Crippen LogP contribution in [0.1, 0.15) is 39.0 Å². The van der Waals surface area contributed by atoms with Crippen molar-refractivity contribution in [2.45, 2.75) is 39.0 Å². The number of hydrogen-bond donors (Lipinski definition) is 1. The summed E-state index contributed by atoms with van der Waals surface area (Å²) in [5.74, 6) is -0.552. The average Bonchev–Trinajstić information content (AvgIpc) is 2.54. The van der Waals surface area contributed by atoms with Crippen molar-refractivity contribution >= 4 is 29.1 Å². The Labute approximate surface area is 141 Å². The van der Waals surface area contributed by atoms with Crippen LogP contribution < -0.4 is 10.2 Å². The maximum Gasteiger partial charge on any atom is 0.223 e. The van der Waals surface area contributed by atoms with E-state index in [0.29, 0.717) is 18.8 Å². The highest BCUT2D eigenvalue weighted by Gasteiger charge is 2.21. The number of nitrogens with zero attached hydrogens (tertiary/aromatic N) is 1. The largest absolute Gasteiger partial charge is 0.354 e. The fourth-order valence-electron chi connectivity index (χ4n) is 2.92. The predicted octanol–water partition coefficient (Wildman–Crippen LogP) is 3.53. The van der Waals surface area contributed by atoms with Crippen molar-refractivity contribution in [3.63, 3.8) is 0 Å². The lowest BCUT2D eigenvalue weighted by Crippen LogP contribution is -2.40. The molecule has 0 aromatic heterocycles. The van der Waals surface area contributed by atoms with E-state index in [2.05, 4.69) is 5.32 Å². The Morgan fingerprint density at radius 3 is 2.61 bits per heavy atom. The van der Waals surface area contributed by atoms with Crippen molar-refractivity contribution in [3.8, 4) is 0 Å². The molecule has 1 N–H and O–H groups in total. The number of halogens is 2. The van der Waals surface area contributed by atoms with Gasteiger partial charge in [-0.25, -0.2) is 4.39 Å². The molecule has 0 saturated heterocycles. The molecule has 1 aliphatic carbocycles. The molecule has 1 aromatic carbocycles. The van der Waals surface area contributed by atoms with Crippen LogP contribution in [-0.4, -0.2) is 24.9 Å². The zero-order chi connectivity index (χ0) is 16.8. The normalized spacial score (nSPS) is 15.3. The average molecular weight is 341 g/mol. The summed E-state index contributed by atoms with van der Waals surface area (Å²) in [7, 11) is 0. The summed E-state index contributed by atoms with van der Waals surface area (Å²) in [4.78, 5) is 25.4. The molecule has 1 fully saturated rings. The Kier molecular flexibility index (Phi) is 6.39. The SMILES string of the molecule is CC(=O)N(CCNC(=O)C1CCCCC1)c1ccc(F)c(Cl)c1. The minimum absolute atomic E-state index is 0.0278. The van der Waals surface area contributed by atoms with E-state index < -0.39 is 5.82 Å². The first-order valence-corrected chi connectivity index (χ1v) is 8.37. The van der Waals surface area contributed by atoms with Crippen LogP contribution >= 0.6 is 11.6 Å². The van der Waals surface area contributed by atoms with Crippen molar-refractivity contribution in [2.24, 2.45) is 5.92 Å². The minimum Gasteiger partial charge on any atom is -0.354 e. The van der Waals surface area contributed by atoms with Gasteiger partial charge in [0.05, 0.1) is 5.02 Å². The van der Waals surface area contributed by atoms with Gasteiger partial charge in [-0.2, -0.15) is 0 Å². The van der Waals surface area contributed by atoms with Crippen LogP contribution in [0, 0.1) is 11.7 Å². The highest BCUT2D eigenvalue weighted by molar-refractivity contribution is 6.31. The fraction of sp³-hybridized carbons (Fsp3) is 0.529. The van der Waals surface area contributed by atoms with E-state index in [1.54, 1.807) is 0 Å². The van der Waals surface area contributed by atoms with E-state index in [1.807, 2.05) is 0 Å². The molecule has 0 unspecified atom stereocenters. The van der Waals surface area contributed by atoms with Crippen molar-refractivity contribution in [2.75, 3.05) is 18.0 Å². The number of rotatable bonds is 5. The third-order valence-corrected chi connectivity index (χ3v) is 4.50. The van der Waals surface area contributed by atoms with Crippen molar-refractivity contribution in [3.05, 3.63) is 29.0 Å². The third-order valence-electron chi connectivity index (χ3n) is 4.21. The summed E-state index contributed by atoms with van der Waals surface area (Å²) < 4.78 is 13.2. The molecule has 0 heterocycles. The second-order valence-corrected chi connectivity index (χ2v) is 6.30. The van der Waals surface area contributed by atoms with Crippen molar-refractivity contribution in [1.82, 2.24) is 5.32 Å². The summed E-state index contributed by atoms with van der Waals surface area (Å²) in [6, 6.07) is 4.15. The lowest BCUT2D eigenvalue weighted by molar-refractivity contribution is -0.126. The fourth-order valence-corrected chi connectivity index (χ4v) is 3.10. The molecule has 2 rings (SSSR count). The molecule has 0 spiro atoms. The highest BCUT2D eigenvalue weighted by atomic mass is 35.5. The Morgan fingerprint density at radius 2 is 2.00 bits per heavy atom. The first-order chi connectivity index (χ1) is 11.0. The first kappa shape index (κ1) is 17.7. The van der Waals surface area contributed by atoms with Crippen LogP contribution in [0.25, 0.3) is 0 Å². The molecule has 0 atom stereocenters. The van der Waals surface area contributed by atoms with Gasteiger partial charge in [-0.1, -0.05) is 30.9 Å². The van der Waals surface area contributed by atoms with E-state index in [9.17, 15) is 14.0 Å². The minimum atomic E-state index is -0.524. The standard InChI is InChI=1S/C17H22ClFN2O2/c1-12(22)21(14-7-8-16(19)15(18)11-14)10-9-20-17(23)13-5-3-2-4-6-13/h7-8,11,13H,2-6,9-10H2,1H3,(H,20,23). The summed E-state index contributed by atoms with van der Waals surface area (Å²) in [5.41, 5.74) is 0.524. The number of amides is 2. The van der Waals surface area contributed by atoms with Gasteiger partial charge in [-0.3, -0.25) is 9.59 Å². The quantitative estimate of drug-likeness (QED) is 0.891. The predicted molar refractivity (Wildman–Crippen MR) is 89.0 cm³/mol. The van der Waals surface area contributed by atoms with Crippen LogP contribution in [0.15, 0.2) is 18.2 Å². The summed E-state index contributed by atoms with van der Waals surface area (Å²) in [6.45, 7) is 2.12. The molecule has 0 aliphatic heterocycles. The van der Waals surface area contributed by atoms with E-state index in [0.717, 1.165) is 25.7 Å². The molecule has 1 aliphatic rings. The number of nitrogens with one attached hydrogen (secondary N) is 1. The summed E-state index contributed by atoms with van der Waals surface area (Å²) in [5, 5.41) is 2.87. The van der Waals surface area contributed by atoms with Gasteiger partial charge in [0.2, 0.25) is 11.8 Å². The van der Waals surface area contributed by atoms with Crippen LogP contribution in [-0.2, 0) is 9.59 Å². The second kappa shape index (κ2) is 8.29. The van der Waals surface area contributed by atoms with Crippen LogP contribution in [0.4, 0.5) is 10.1 Å². The van der Waals surface area contributed by atoms with Gasteiger partial charge in [-0.15, -0.1) is 0 Å². The van der Waals surface area contributed by atoms with Crippen molar-refractivity contribution in [1.29, 1.82) is 0 Å². The number of benzene rings is 1. The van der Waals surface area contributed by atoms with Gasteiger partial charge < -0.3 is 10.2 Å². The number of anilines is 1. The van der Waals surface area contributed by atoms with Crippen molar-refractivity contribution < 1.29 is 14.0 Å². The number of carbonyl (C=O) groups is 2. The molecule has 1 aromatic rings. The van der Waals surface area contributed by atoms with Crippen LogP contribution in [0.3, 0.4) is 0 Å². The molecule has 4 nitrogen and oxygen atoms in total. The number of carbonyl (C=O) groups excluding carboxylic acids is 2. The smallest absolute Gasteiger partial charge is 0.223 e. The second-order valence-electron chi connectivity index (χ2n) is 5.90. The van der Waals surface area contributed by atoms with E-state index in [4.69, 9.17) is 11.6 Å². The molecule has 1 saturated carbocycles. The monoisotopic (exact) mass is 340 g/mol. The highest BCUT2D eigenvalue weighted by Crippen LogP contribution is 2.24. The van der Waals surface area contributed by atoms with Gasteiger partial charge in [0, 0.05) is 31.6 Å². The lowest BCUT2D eigenvalue weighted by atomic mass is 9.89. The summed E-state index contributed by atoms with van der Waals surface area (Å²) in [6.07, 6.45) is 5.29. The molecule has 23 heavy (non-hydrogen) atoms. The summed E-state index contributed by atoms with van der Waals surface area (Å²) >= 11 is 5.77. The molecule has 2 amide bonds. The van der Waals surface area contributed by atoms with Gasteiger partial charge in [0.15, 0.2) is 0 Å². The van der Waals surface area contributed by atoms with Gasteiger partial charge in [0.25, 0.3) is 0 Å². The lowest BCUT2D eigenvalue weighted by Gasteiger charge is -2.24. The van der Waals surface area contributed by atoms with Gasteiger partial charge in [-0.05, 0) is 31.0 Å². The molecule has 6 heteroatoms. The van der Waals surface area contributed by atoms with E-state index >= 15 is 0 Å². The van der Waals surface area contributed by atoms with Crippen LogP contribution in [0.5, 0.6) is 0 Å². The first-order valence-electron chi connectivity index (χ1n) is 8.00. The van der Waals surface area contributed by atoms with E-state index in [1.165, 1.54) is 36.4 Å². The van der Waals surface area contributed by atoms with Gasteiger partial charge >= 0.3 is 0 Å². The van der Waals surface area contributed by atoms with Crippen LogP contribution in [0.2, 0.25) is 5.02 Å². The van der Waals surface area contributed by atoms with Gasteiger partial charge in [0.1, 0.15) is 5.82 Å². The zero-order valence-corrected chi connectivity index (χ0v) is 14.0. The molecular formula is C17H22ClFN2O2. The molecule has 0 bridgehead atoms. The Bertz CT molecular complexity index is 574. The topological polar surface area (TPSA) is 49.4 Å². The molecule has 126 valence electrons. The Balaban J connectivity index is 1.91. The third kappa shape index (κ3) is 4.93. The Hall–Kier alpha value is -1.62. The Morgan fingerprint density at radius 1 is 1.30 bits per heavy atom. The maximum atomic E-state index is 13.2. The number of hydrogen-bond acceptors (Lipinski definition) is 2. The molecular weight excluding hydrogens is 319 g/mol. The van der Waals surface area contributed by atoms with E-state index in [-0.39, 0.29) is 22.8 Å². The zero-order valence-electron chi connectivity index (χ0n) is 13.3.